The molecule has 0 fully saturated rings. The fourth-order valence-electron chi connectivity index (χ4n) is 1.88. The summed E-state index contributed by atoms with van der Waals surface area (Å²) in [4.78, 5) is 11.5. The van der Waals surface area contributed by atoms with Crippen molar-refractivity contribution in [3.05, 3.63) is 68.2 Å². The van der Waals surface area contributed by atoms with Gasteiger partial charge in [-0.25, -0.2) is 0 Å². The number of nitrogens with one attached hydrogen (secondary N) is 1. The minimum atomic E-state index is -0.386. The van der Waals surface area contributed by atoms with Gasteiger partial charge < -0.3 is 5.32 Å². The number of non-ortho nitro benzene ring substituents is 1. The minimum Gasteiger partial charge on any atom is -0.316 e. The van der Waals surface area contributed by atoms with Crippen molar-refractivity contribution in [2.45, 2.75) is 17.2 Å². The molecule has 4 nitrogen and oxygen atoms in total. The summed E-state index contributed by atoms with van der Waals surface area (Å²) in [7, 11) is 1.92. The molecule has 0 atom stereocenters. The van der Waals surface area contributed by atoms with E-state index in [0.717, 1.165) is 22.3 Å². The van der Waals surface area contributed by atoms with E-state index in [1.165, 1.54) is 16.5 Å². The maximum Gasteiger partial charge on any atom is 0.270 e. The zero-order valence-electron chi connectivity index (χ0n) is 11.5. The van der Waals surface area contributed by atoms with Crippen LogP contribution in [0.3, 0.4) is 0 Å². The molecule has 21 heavy (non-hydrogen) atoms. The molecule has 0 spiro atoms. The highest BCUT2D eigenvalue weighted by Crippen LogP contribution is 2.29. The lowest BCUT2D eigenvalue weighted by Gasteiger charge is -2.06. The summed E-state index contributed by atoms with van der Waals surface area (Å²) < 4.78 is 0.774. The number of nitro groups is 1. The summed E-state index contributed by atoms with van der Waals surface area (Å²) in [5, 5.41) is 13.8. The van der Waals surface area contributed by atoms with E-state index in [-0.39, 0.29) is 10.6 Å². The number of rotatable bonds is 6. The van der Waals surface area contributed by atoms with Crippen LogP contribution in [0.25, 0.3) is 0 Å². The van der Waals surface area contributed by atoms with E-state index < -0.39 is 0 Å². The Kier molecular flexibility index (Phi) is 5.78. The van der Waals surface area contributed by atoms with Crippen molar-refractivity contribution in [2.24, 2.45) is 0 Å². The molecule has 0 saturated heterocycles. The van der Waals surface area contributed by atoms with Crippen LogP contribution in [0.1, 0.15) is 11.1 Å². The van der Waals surface area contributed by atoms with E-state index in [4.69, 9.17) is 0 Å². The van der Waals surface area contributed by atoms with Gasteiger partial charge in [0.05, 0.1) is 4.92 Å². The van der Waals surface area contributed by atoms with Crippen molar-refractivity contribution < 1.29 is 4.92 Å². The molecule has 2 rings (SSSR count). The highest BCUT2D eigenvalue weighted by Gasteiger charge is 2.09. The standard InChI is InChI=1S/C15H15BrN2O2S/c1-17-9-11-3-2-4-14(7-11)21-10-12-5-6-13(18(19)20)8-15(12)16/h2-8,17H,9-10H2,1H3. The van der Waals surface area contributed by atoms with Crippen LogP contribution in [0.2, 0.25) is 0 Å². The summed E-state index contributed by atoms with van der Waals surface area (Å²) in [5.41, 5.74) is 2.39. The monoisotopic (exact) mass is 366 g/mol. The van der Waals surface area contributed by atoms with Gasteiger partial charge in [-0.3, -0.25) is 10.1 Å². The van der Waals surface area contributed by atoms with Crippen molar-refractivity contribution in [1.82, 2.24) is 5.32 Å². The molecule has 0 aliphatic carbocycles. The number of hydrogen-bond acceptors (Lipinski definition) is 4. The first kappa shape index (κ1) is 16.0. The average molecular weight is 367 g/mol. The minimum absolute atomic E-state index is 0.103. The van der Waals surface area contributed by atoms with E-state index in [1.807, 2.05) is 13.1 Å². The second kappa shape index (κ2) is 7.59. The number of thioether (sulfide) groups is 1. The summed E-state index contributed by atoms with van der Waals surface area (Å²) >= 11 is 5.11. The third-order valence-corrected chi connectivity index (χ3v) is 4.70. The van der Waals surface area contributed by atoms with Crippen molar-refractivity contribution in [2.75, 3.05) is 7.05 Å². The number of nitro benzene ring substituents is 1. The molecule has 1 N–H and O–H groups in total. The van der Waals surface area contributed by atoms with Gasteiger partial charge in [-0.2, -0.15) is 0 Å². The Morgan fingerprint density at radius 2 is 2.10 bits per heavy atom. The van der Waals surface area contributed by atoms with Gasteiger partial charge in [0.2, 0.25) is 0 Å². The molecule has 0 saturated carbocycles. The van der Waals surface area contributed by atoms with Gasteiger partial charge in [0.15, 0.2) is 0 Å². The predicted molar refractivity (Wildman–Crippen MR) is 89.6 cm³/mol. The first-order valence-corrected chi connectivity index (χ1v) is 8.17. The fraction of sp³-hybridized carbons (Fsp3) is 0.200. The quantitative estimate of drug-likeness (QED) is 0.468. The molecule has 0 aromatic heterocycles. The Morgan fingerprint density at radius 3 is 2.76 bits per heavy atom. The van der Waals surface area contributed by atoms with Crippen molar-refractivity contribution in [1.29, 1.82) is 0 Å². The maximum absolute atomic E-state index is 10.7. The van der Waals surface area contributed by atoms with E-state index in [1.54, 1.807) is 23.9 Å². The zero-order valence-corrected chi connectivity index (χ0v) is 13.9. The molecule has 2 aromatic rings. The van der Waals surface area contributed by atoms with Crippen molar-refractivity contribution in [3.63, 3.8) is 0 Å². The third kappa shape index (κ3) is 4.56. The molecule has 0 bridgehead atoms. The second-order valence-electron chi connectivity index (χ2n) is 4.50. The van der Waals surface area contributed by atoms with Gasteiger partial charge in [-0.1, -0.05) is 34.1 Å². The molecule has 0 radical (unpaired) electrons. The number of hydrogen-bond donors (Lipinski definition) is 1. The molecule has 0 aliphatic rings. The van der Waals surface area contributed by atoms with Crippen LogP contribution in [0.15, 0.2) is 51.8 Å². The second-order valence-corrected chi connectivity index (χ2v) is 6.40. The van der Waals surface area contributed by atoms with Crippen LogP contribution < -0.4 is 5.32 Å². The predicted octanol–water partition coefficient (Wildman–Crippen LogP) is 4.37. The molecular formula is C15H15BrN2O2S. The molecule has 6 heteroatoms. The van der Waals surface area contributed by atoms with Gasteiger partial charge >= 0.3 is 0 Å². The number of benzene rings is 2. The van der Waals surface area contributed by atoms with E-state index in [9.17, 15) is 10.1 Å². The lowest BCUT2D eigenvalue weighted by molar-refractivity contribution is -0.384. The Bertz CT molecular complexity index is 649. The van der Waals surface area contributed by atoms with Gasteiger partial charge in [-0.05, 0) is 30.3 Å². The molecule has 0 heterocycles. The lowest BCUT2D eigenvalue weighted by atomic mass is 10.2. The number of nitrogens with zero attached hydrogens (tertiary/aromatic N) is 1. The van der Waals surface area contributed by atoms with Gasteiger partial charge in [0.1, 0.15) is 0 Å². The third-order valence-electron chi connectivity index (χ3n) is 2.92. The topological polar surface area (TPSA) is 55.2 Å². The SMILES string of the molecule is CNCc1cccc(SCc2ccc([N+](=O)[O-])cc2Br)c1. The first-order chi connectivity index (χ1) is 10.1. The van der Waals surface area contributed by atoms with Crippen LogP contribution in [0.5, 0.6) is 0 Å². The van der Waals surface area contributed by atoms with E-state index in [0.29, 0.717) is 0 Å². The maximum atomic E-state index is 10.7. The Labute approximate surface area is 136 Å². The zero-order chi connectivity index (χ0) is 15.2. The largest absolute Gasteiger partial charge is 0.316 e. The van der Waals surface area contributed by atoms with Gasteiger partial charge in [-0.15, -0.1) is 11.8 Å². The van der Waals surface area contributed by atoms with Crippen LogP contribution in [-0.4, -0.2) is 12.0 Å². The number of halogens is 1. The lowest BCUT2D eigenvalue weighted by Crippen LogP contribution is -2.04. The van der Waals surface area contributed by atoms with Crippen LogP contribution >= 0.6 is 27.7 Å². The Morgan fingerprint density at radius 1 is 1.29 bits per heavy atom. The summed E-state index contributed by atoms with van der Waals surface area (Å²) in [6.45, 7) is 0.843. The van der Waals surface area contributed by atoms with Crippen LogP contribution in [0.4, 0.5) is 5.69 Å². The normalized spacial score (nSPS) is 10.6. The van der Waals surface area contributed by atoms with Gasteiger partial charge in [0, 0.05) is 33.8 Å². The summed E-state index contributed by atoms with van der Waals surface area (Å²) in [6, 6.07) is 13.2. The van der Waals surface area contributed by atoms with Crippen LogP contribution in [0, 0.1) is 10.1 Å². The molecule has 110 valence electrons. The summed E-state index contributed by atoms with van der Waals surface area (Å²) in [6.07, 6.45) is 0. The molecule has 0 aliphatic heterocycles. The van der Waals surface area contributed by atoms with E-state index in [2.05, 4.69) is 39.4 Å². The van der Waals surface area contributed by atoms with E-state index >= 15 is 0 Å². The summed E-state index contributed by atoms with van der Waals surface area (Å²) in [5.74, 6) is 0.765. The van der Waals surface area contributed by atoms with Crippen molar-refractivity contribution in [3.8, 4) is 0 Å². The average Bonchev–Trinajstić information content (AvgIpc) is 2.46. The Balaban J connectivity index is 2.06. The molecule has 0 unspecified atom stereocenters. The fourth-order valence-corrected chi connectivity index (χ4v) is 3.55. The molecule has 0 amide bonds. The molecular weight excluding hydrogens is 352 g/mol. The smallest absolute Gasteiger partial charge is 0.270 e. The van der Waals surface area contributed by atoms with Gasteiger partial charge in [0.25, 0.3) is 5.69 Å². The highest BCUT2D eigenvalue weighted by atomic mass is 79.9. The molecule has 2 aromatic carbocycles. The van der Waals surface area contributed by atoms with Crippen molar-refractivity contribution >= 4 is 33.4 Å². The Hall–Kier alpha value is -1.37. The van der Waals surface area contributed by atoms with Crippen LogP contribution in [-0.2, 0) is 12.3 Å². The highest BCUT2D eigenvalue weighted by molar-refractivity contribution is 9.10. The first-order valence-electron chi connectivity index (χ1n) is 6.39.